The SMILES string of the molecule is Cc1nc(CNCC(C)Cl)cs1. The molecule has 1 rings (SSSR count). The quantitative estimate of drug-likeness (QED) is 0.761. The van der Waals surface area contributed by atoms with E-state index < -0.39 is 0 Å². The van der Waals surface area contributed by atoms with Crippen LogP contribution in [0.3, 0.4) is 0 Å². The molecule has 0 saturated carbocycles. The lowest BCUT2D eigenvalue weighted by Crippen LogP contribution is -2.20. The molecule has 1 atom stereocenters. The van der Waals surface area contributed by atoms with Crippen LogP contribution in [0.4, 0.5) is 0 Å². The molecule has 0 spiro atoms. The second-order valence-electron chi connectivity index (χ2n) is 2.77. The zero-order valence-electron chi connectivity index (χ0n) is 7.30. The highest BCUT2D eigenvalue weighted by Crippen LogP contribution is 2.07. The Morgan fingerprint density at radius 3 is 3.00 bits per heavy atom. The molecule has 0 aliphatic heterocycles. The van der Waals surface area contributed by atoms with Crippen molar-refractivity contribution in [1.82, 2.24) is 10.3 Å². The van der Waals surface area contributed by atoms with Gasteiger partial charge >= 0.3 is 0 Å². The van der Waals surface area contributed by atoms with E-state index in [4.69, 9.17) is 11.6 Å². The molecule has 4 heteroatoms. The zero-order chi connectivity index (χ0) is 8.97. The predicted molar refractivity (Wildman–Crippen MR) is 53.9 cm³/mol. The number of hydrogen-bond acceptors (Lipinski definition) is 3. The van der Waals surface area contributed by atoms with Gasteiger partial charge in [-0.1, -0.05) is 0 Å². The maximum absolute atomic E-state index is 5.77. The third kappa shape index (κ3) is 3.52. The largest absolute Gasteiger partial charge is 0.310 e. The Hall–Kier alpha value is -0.120. The van der Waals surface area contributed by atoms with E-state index >= 15 is 0 Å². The summed E-state index contributed by atoms with van der Waals surface area (Å²) in [5, 5.41) is 6.60. The van der Waals surface area contributed by atoms with E-state index in [1.54, 1.807) is 11.3 Å². The summed E-state index contributed by atoms with van der Waals surface area (Å²) in [7, 11) is 0. The molecule has 2 nitrogen and oxygen atoms in total. The highest BCUT2D eigenvalue weighted by Gasteiger charge is 1.98. The minimum atomic E-state index is 0.185. The lowest BCUT2D eigenvalue weighted by atomic mass is 10.4. The van der Waals surface area contributed by atoms with E-state index in [1.165, 1.54) is 0 Å². The Morgan fingerprint density at radius 2 is 2.50 bits per heavy atom. The number of aromatic nitrogens is 1. The first-order valence-corrected chi connectivity index (χ1v) is 5.26. The van der Waals surface area contributed by atoms with Crippen LogP contribution in [0.5, 0.6) is 0 Å². The Morgan fingerprint density at radius 1 is 1.75 bits per heavy atom. The van der Waals surface area contributed by atoms with Crippen molar-refractivity contribution in [3.8, 4) is 0 Å². The first kappa shape index (κ1) is 9.96. The van der Waals surface area contributed by atoms with Crippen LogP contribution in [0.25, 0.3) is 0 Å². The summed E-state index contributed by atoms with van der Waals surface area (Å²) in [5.41, 5.74) is 1.11. The van der Waals surface area contributed by atoms with Gasteiger partial charge in [0, 0.05) is 23.8 Å². The van der Waals surface area contributed by atoms with Crippen LogP contribution in [-0.2, 0) is 6.54 Å². The Bertz CT molecular complexity index is 235. The van der Waals surface area contributed by atoms with Gasteiger partial charge in [0.15, 0.2) is 0 Å². The monoisotopic (exact) mass is 204 g/mol. The van der Waals surface area contributed by atoms with Gasteiger partial charge in [-0.05, 0) is 13.8 Å². The minimum Gasteiger partial charge on any atom is -0.310 e. The lowest BCUT2D eigenvalue weighted by molar-refractivity contribution is 0.670. The first-order chi connectivity index (χ1) is 5.68. The predicted octanol–water partition coefficient (Wildman–Crippen LogP) is 2.17. The van der Waals surface area contributed by atoms with Crippen molar-refractivity contribution in [2.24, 2.45) is 0 Å². The summed E-state index contributed by atoms with van der Waals surface area (Å²) in [5.74, 6) is 0. The van der Waals surface area contributed by atoms with E-state index in [-0.39, 0.29) is 5.38 Å². The van der Waals surface area contributed by atoms with E-state index in [0.717, 1.165) is 23.8 Å². The van der Waals surface area contributed by atoms with Crippen molar-refractivity contribution >= 4 is 22.9 Å². The second kappa shape index (κ2) is 4.80. The smallest absolute Gasteiger partial charge is 0.0897 e. The molecule has 0 fully saturated rings. The molecule has 68 valence electrons. The summed E-state index contributed by atoms with van der Waals surface area (Å²) in [6, 6.07) is 0. The molecule has 1 N–H and O–H groups in total. The molecule has 1 aromatic rings. The average Bonchev–Trinajstić information content (AvgIpc) is 2.35. The van der Waals surface area contributed by atoms with Gasteiger partial charge < -0.3 is 5.32 Å². The summed E-state index contributed by atoms with van der Waals surface area (Å²) in [6.45, 7) is 5.64. The Labute approximate surface area is 82.0 Å². The first-order valence-electron chi connectivity index (χ1n) is 3.94. The number of alkyl halides is 1. The summed E-state index contributed by atoms with van der Waals surface area (Å²) < 4.78 is 0. The van der Waals surface area contributed by atoms with Crippen molar-refractivity contribution in [2.45, 2.75) is 25.8 Å². The average molecular weight is 205 g/mol. The molecular weight excluding hydrogens is 192 g/mol. The van der Waals surface area contributed by atoms with Crippen molar-refractivity contribution in [1.29, 1.82) is 0 Å². The van der Waals surface area contributed by atoms with Crippen molar-refractivity contribution in [3.63, 3.8) is 0 Å². The van der Waals surface area contributed by atoms with Gasteiger partial charge in [0.1, 0.15) is 0 Å². The zero-order valence-corrected chi connectivity index (χ0v) is 8.87. The molecule has 0 radical (unpaired) electrons. The van der Waals surface area contributed by atoms with Crippen LogP contribution >= 0.6 is 22.9 Å². The molecule has 0 bridgehead atoms. The molecule has 1 heterocycles. The number of nitrogens with zero attached hydrogens (tertiary/aromatic N) is 1. The van der Waals surface area contributed by atoms with Crippen molar-refractivity contribution in [2.75, 3.05) is 6.54 Å². The maximum Gasteiger partial charge on any atom is 0.0897 e. The van der Waals surface area contributed by atoms with Gasteiger partial charge in [-0.3, -0.25) is 0 Å². The fourth-order valence-corrected chi connectivity index (χ4v) is 1.61. The van der Waals surface area contributed by atoms with Gasteiger partial charge in [-0.2, -0.15) is 0 Å². The number of hydrogen-bond donors (Lipinski definition) is 1. The van der Waals surface area contributed by atoms with Gasteiger partial charge in [0.05, 0.1) is 10.7 Å². The third-order valence-corrected chi connectivity index (χ3v) is 2.37. The van der Waals surface area contributed by atoms with Crippen LogP contribution in [0.2, 0.25) is 0 Å². The van der Waals surface area contributed by atoms with Crippen molar-refractivity contribution in [3.05, 3.63) is 16.1 Å². The Kier molecular flexibility index (Phi) is 3.98. The van der Waals surface area contributed by atoms with Crippen LogP contribution in [0.15, 0.2) is 5.38 Å². The lowest BCUT2D eigenvalue weighted by Gasteiger charge is -2.02. The molecule has 0 aliphatic carbocycles. The molecule has 0 saturated heterocycles. The highest BCUT2D eigenvalue weighted by atomic mass is 35.5. The van der Waals surface area contributed by atoms with Gasteiger partial charge in [0.25, 0.3) is 0 Å². The van der Waals surface area contributed by atoms with Crippen LogP contribution < -0.4 is 5.32 Å². The summed E-state index contributed by atoms with van der Waals surface area (Å²) in [4.78, 5) is 4.32. The highest BCUT2D eigenvalue weighted by molar-refractivity contribution is 7.09. The number of halogens is 1. The minimum absolute atomic E-state index is 0.185. The molecule has 0 aliphatic rings. The molecule has 0 amide bonds. The standard InChI is InChI=1S/C8H13ClN2S/c1-6(9)3-10-4-8-5-12-7(2)11-8/h5-6,10H,3-4H2,1-2H3. The van der Waals surface area contributed by atoms with Crippen LogP contribution in [0, 0.1) is 6.92 Å². The van der Waals surface area contributed by atoms with E-state index in [1.807, 2.05) is 13.8 Å². The molecule has 1 aromatic heterocycles. The Balaban J connectivity index is 2.24. The van der Waals surface area contributed by atoms with E-state index in [0.29, 0.717) is 0 Å². The van der Waals surface area contributed by atoms with Gasteiger partial charge in [-0.25, -0.2) is 4.98 Å². The second-order valence-corrected chi connectivity index (χ2v) is 4.58. The van der Waals surface area contributed by atoms with Crippen molar-refractivity contribution < 1.29 is 0 Å². The molecule has 1 unspecified atom stereocenters. The fourth-order valence-electron chi connectivity index (χ4n) is 0.889. The maximum atomic E-state index is 5.77. The van der Waals surface area contributed by atoms with Gasteiger partial charge in [-0.15, -0.1) is 22.9 Å². The normalized spacial score (nSPS) is 13.2. The molecular formula is C8H13ClN2S. The summed E-state index contributed by atoms with van der Waals surface area (Å²) >= 11 is 7.45. The van der Waals surface area contributed by atoms with Gasteiger partial charge in [0.2, 0.25) is 0 Å². The number of thiazole rings is 1. The third-order valence-electron chi connectivity index (χ3n) is 1.40. The summed E-state index contributed by atoms with van der Waals surface area (Å²) in [6.07, 6.45) is 0. The van der Waals surface area contributed by atoms with E-state index in [9.17, 15) is 0 Å². The van der Waals surface area contributed by atoms with Crippen LogP contribution in [-0.4, -0.2) is 16.9 Å². The van der Waals surface area contributed by atoms with Crippen LogP contribution in [0.1, 0.15) is 17.6 Å². The van der Waals surface area contributed by atoms with E-state index in [2.05, 4.69) is 15.7 Å². The fraction of sp³-hybridized carbons (Fsp3) is 0.625. The number of aryl methyl sites for hydroxylation is 1. The molecule has 12 heavy (non-hydrogen) atoms. The topological polar surface area (TPSA) is 24.9 Å². The molecule has 0 aromatic carbocycles. The number of nitrogens with one attached hydrogen (secondary N) is 1. The number of rotatable bonds is 4.